The molecule has 2 aromatic heterocycles. The van der Waals surface area contributed by atoms with Crippen LogP contribution in [0.25, 0.3) is 5.95 Å². The highest BCUT2D eigenvalue weighted by molar-refractivity contribution is 5.39. The first-order valence-electron chi connectivity index (χ1n) is 6.79. The maximum Gasteiger partial charge on any atom is 0.258 e. The van der Waals surface area contributed by atoms with Crippen LogP contribution < -0.4 is 10.6 Å². The van der Waals surface area contributed by atoms with Gasteiger partial charge in [0.2, 0.25) is 11.9 Å². The van der Waals surface area contributed by atoms with Crippen molar-refractivity contribution < 1.29 is 4.74 Å². The van der Waals surface area contributed by atoms with Crippen molar-refractivity contribution in [1.82, 2.24) is 29.7 Å². The Balaban J connectivity index is 1.93. The molecule has 2 aromatic rings. The largest absolute Gasteiger partial charge is 0.376 e. The van der Waals surface area contributed by atoms with Crippen molar-refractivity contribution in [2.24, 2.45) is 0 Å². The number of rotatable bonds is 4. The minimum atomic E-state index is -0.202. The summed E-state index contributed by atoms with van der Waals surface area (Å²) < 4.78 is 7.11. The highest BCUT2D eigenvalue weighted by atomic mass is 16.5. The van der Waals surface area contributed by atoms with Crippen molar-refractivity contribution in [3.05, 3.63) is 12.7 Å². The highest BCUT2D eigenvalue weighted by Gasteiger charge is 2.37. The summed E-state index contributed by atoms with van der Waals surface area (Å²) in [7, 11) is 1.76. The molecule has 1 aliphatic rings. The molecule has 1 aliphatic heterocycles. The monoisotopic (exact) mass is 290 g/mol. The molecule has 0 aliphatic carbocycles. The summed E-state index contributed by atoms with van der Waals surface area (Å²) in [6, 6.07) is 0. The third-order valence-corrected chi connectivity index (χ3v) is 3.75. The van der Waals surface area contributed by atoms with Crippen molar-refractivity contribution in [1.29, 1.82) is 0 Å². The lowest BCUT2D eigenvalue weighted by Gasteiger charge is -2.28. The molecular weight excluding hydrogens is 272 g/mol. The van der Waals surface area contributed by atoms with E-state index in [1.165, 1.54) is 11.0 Å². The van der Waals surface area contributed by atoms with Gasteiger partial charge in [-0.1, -0.05) is 0 Å². The SMILES string of the molecule is CNc1nc(NC2(C)CCOC2C)nc(-n2cncn2)n1. The van der Waals surface area contributed by atoms with Gasteiger partial charge in [-0.05, 0) is 20.3 Å². The van der Waals surface area contributed by atoms with Gasteiger partial charge >= 0.3 is 0 Å². The number of hydrogen-bond donors (Lipinski definition) is 2. The quantitative estimate of drug-likeness (QED) is 0.838. The molecule has 112 valence electrons. The fourth-order valence-corrected chi connectivity index (χ4v) is 2.20. The molecule has 9 nitrogen and oxygen atoms in total. The van der Waals surface area contributed by atoms with Crippen LogP contribution in [0.1, 0.15) is 20.3 Å². The molecule has 21 heavy (non-hydrogen) atoms. The molecule has 0 amide bonds. The predicted molar refractivity (Wildman–Crippen MR) is 76.3 cm³/mol. The van der Waals surface area contributed by atoms with Gasteiger partial charge in [0.1, 0.15) is 12.7 Å². The number of hydrogen-bond acceptors (Lipinski definition) is 8. The van der Waals surface area contributed by atoms with Gasteiger partial charge in [-0.25, -0.2) is 4.98 Å². The molecule has 0 bridgehead atoms. The molecule has 0 aromatic carbocycles. The zero-order valence-corrected chi connectivity index (χ0v) is 12.2. The molecule has 1 saturated heterocycles. The molecule has 9 heteroatoms. The first-order valence-corrected chi connectivity index (χ1v) is 6.79. The van der Waals surface area contributed by atoms with E-state index in [9.17, 15) is 0 Å². The topological polar surface area (TPSA) is 103 Å². The van der Waals surface area contributed by atoms with E-state index in [0.29, 0.717) is 17.8 Å². The van der Waals surface area contributed by atoms with Crippen LogP contribution in [-0.2, 0) is 4.74 Å². The minimum absolute atomic E-state index is 0.0853. The summed E-state index contributed by atoms with van der Waals surface area (Å²) in [6.07, 6.45) is 3.96. The van der Waals surface area contributed by atoms with Crippen LogP contribution in [0.3, 0.4) is 0 Å². The van der Waals surface area contributed by atoms with Gasteiger partial charge in [0, 0.05) is 13.7 Å². The summed E-state index contributed by atoms with van der Waals surface area (Å²) in [4.78, 5) is 16.9. The van der Waals surface area contributed by atoms with Crippen LogP contribution in [0.4, 0.5) is 11.9 Å². The number of nitrogens with one attached hydrogen (secondary N) is 2. The molecule has 0 spiro atoms. The van der Waals surface area contributed by atoms with Crippen molar-refractivity contribution in [2.75, 3.05) is 24.3 Å². The molecule has 2 atom stereocenters. The lowest BCUT2D eigenvalue weighted by atomic mass is 9.95. The Morgan fingerprint density at radius 1 is 1.33 bits per heavy atom. The third-order valence-electron chi connectivity index (χ3n) is 3.75. The van der Waals surface area contributed by atoms with Crippen LogP contribution in [0.2, 0.25) is 0 Å². The van der Waals surface area contributed by atoms with E-state index in [0.717, 1.165) is 13.0 Å². The van der Waals surface area contributed by atoms with Crippen molar-refractivity contribution >= 4 is 11.9 Å². The van der Waals surface area contributed by atoms with Gasteiger partial charge in [0.05, 0.1) is 11.6 Å². The van der Waals surface area contributed by atoms with E-state index < -0.39 is 0 Å². The second kappa shape index (κ2) is 5.24. The predicted octanol–water partition coefficient (Wildman–Crippen LogP) is 0.473. The summed E-state index contributed by atoms with van der Waals surface area (Å²) in [5.74, 6) is 1.36. The first-order chi connectivity index (χ1) is 10.1. The second-order valence-electron chi connectivity index (χ2n) is 5.18. The Morgan fingerprint density at radius 3 is 2.76 bits per heavy atom. The average Bonchev–Trinajstić information content (AvgIpc) is 3.10. The zero-order valence-electron chi connectivity index (χ0n) is 12.2. The molecule has 2 N–H and O–H groups in total. The summed E-state index contributed by atoms with van der Waals surface area (Å²) in [6.45, 7) is 4.87. The highest BCUT2D eigenvalue weighted by Crippen LogP contribution is 2.28. The molecule has 0 saturated carbocycles. The first kappa shape index (κ1) is 13.7. The van der Waals surface area contributed by atoms with Gasteiger partial charge in [-0.2, -0.15) is 24.7 Å². The van der Waals surface area contributed by atoms with E-state index in [1.54, 1.807) is 13.4 Å². The van der Waals surface area contributed by atoms with Gasteiger partial charge < -0.3 is 15.4 Å². The summed E-state index contributed by atoms with van der Waals surface area (Å²) >= 11 is 0. The molecular formula is C12H18N8O. The Labute approximate surface area is 122 Å². The molecule has 1 fully saturated rings. The van der Waals surface area contributed by atoms with Gasteiger partial charge in [-0.3, -0.25) is 0 Å². The Morgan fingerprint density at radius 2 is 2.14 bits per heavy atom. The summed E-state index contributed by atoms with van der Waals surface area (Å²) in [5, 5.41) is 10.3. The summed E-state index contributed by atoms with van der Waals surface area (Å²) in [5.41, 5.74) is -0.202. The maximum absolute atomic E-state index is 5.62. The van der Waals surface area contributed by atoms with Crippen molar-refractivity contribution in [3.63, 3.8) is 0 Å². The number of nitrogens with zero attached hydrogens (tertiary/aromatic N) is 6. The van der Waals surface area contributed by atoms with E-state index in [1.807, 2.05) is 6.92 Å². The smallest absolute Gasteiger partial charge is 0.258 e. The van der Waals surface area contributed by atoms with E-state index >= 15 is 0 Å². The van der Waals surface area contributed by atoms with Crippen LogP contribution >= 0.6 is 0 Å². The molecule has 3 heterocycles. The Bertz CT molecular complexity index is 616. The van der Waals surface area contributed by atoms with Crippen LogP contribution in [-0.4, -0.2) is 55.0 Å². The number of aromatic nitrogens is 6. The Hall–Kier alpha value is -2.29. The molecule has 2 unspecified atom stereocenters. The number of anilines is 2. The lowest BCUT2D eigenvalue weighted by molar-refractivity contribution is 0.105. The van der Waals surface area contributed by atoms with Gasteiger partial charge in [-0.15, -0.1) is 0 Å². The second-order valence-corrected chi connectivity index (χ2v) is 5.18. The fourth-order valence-electron chi connectivity index (χ4n) is 2.20. The fraction of sp³-hybridized carbons (Fsp3) is 0.583. The third kappa shape index (κ3) is 2.64. The van der Waals surface area contributed by atoms with Crippen LogP contribution in [0, 0.1) is 0 Å². The van der Waals surface area contributed by atoms with Crippen LogP contribution in [0.5, 0.6) is 0 Å². The van der Waals surface area contributed by atoms with Gasteiger partial charge in [0.15, 0.2) is 0 Å². The number of ether oxygens (including phenoxy) is 1. The maximum atomic E-state index is 5.62. The van der Waals surface area contributed by atoms with Crippen molar-refractivity contribution in [3.8, 4) is 5.95 Å². The van der Waals surface area contributed by atoms with Crippen molar-refractivity contribution in [2.45, 2.75) is 31.9 Å². The normalized spacial score (nSPS) is 25.0. The molecule has 3 rings (SSSR count). The average molecular weight is 290 g/mol. The van der Waals surface area contributed by atoms with Crippen LogP contribution in [0.15, 0.2) is 12.7 Å². The lowest BCUT2D eigenvalue weighted by Crippen LogP contribution is -2.42. The van der Waals surface area contributed by atoms with E-state index in [4.69, 9.17) is 4.74 Å². The Kier molecular flexibility index (Phi) is 3.42. The standard InChI is InChI=1S/C12H18N8O/c1-8-12(2,4-5-21-8)19-10-16-9(13-3)17-11(18-10)20-7-14-6-15-20/h6-8H,4-5H2,1-3H3,(H2,13,16,17,18,19). The molecule has 0 radical (unpaired) electrons. The van der Waals surface area contributed by atoms with Gasteiger partial charge in [0.25, 0.3) is 5.95 Å². The van der Waals surface area contributed by atoms with E-state index in [-0.39, 0.29) is 11.6 Å². The van der Waals surface area contributed by atoms with E-state index in [2.05, 4.69) is 42.6 Å². The minimum Gasteiger partial charge on any atom is -0.376 e. The zero-order chi connectivity index (χ0) is 14.9.